The van der Waals surface area contributed by atoms with E-state index in [2.05, 4.69) is 9.73 Å². The minimum atomic E-state index is -0.509. The first-order valence-corrected chi connectivity index (χ1v) is 3.48. The standard InChI is InChI=1S/C8H7NO4/c1-12-8(11)6-2-3-13-7(6)4-9-5-10/h2-3H,4H2,1H3. The van der Waals surface area contributed by atoms with Gasteiger partial charge in [-0.15, -0.1) is 0 Å². The highest BCUT2D eigenvalue weighted by molar-refractivity contribution is 5.90. The SMILES string of the molecule is COC(=O)c1ccoc1CN=C=O. The smallest absolute Gasteiger partial charge is 0.341 e. The van der Waals surface area contributed by atoms with Crippen molar-refractivity contribution in [3.8, 4) is 0 Å². The topological polar surface area (TPSA) is 68.9 Å². The van der Waals surface area contributed by atoms with Gasteiger partial charge in [0.1, 0.15) is 17.9 Å². The third-order valence-corrected chi connectivity index (χ3v) is 1.44. The number of carbonyl (C=O) groups excluding carboxylic acids is 2. The van der Waals surface area contributed by atoms with Crippen LogP contribution in [0.4, 0.5) is 0 Å². The van der Waals surface area contributed by atoms with Gasteiger partial charge in [-0.2, -0.15) is 4.99 Å². The molecule has 1 rings (SSSR count). The number of hydrogen-bond donors (Lipinski definition) is 0. The molecule has 1 aromatic rings. The lowest BCUT2D eigenvalue weighted by Crippen LogP contribution is -2.02. The summed E-state index contributed by atoms with van der Waals surface area (Å²) in [5.74, 6) is -0.208. The van der Waals surface area contributed by atoms with E-state index < -0.39 is 5.97 Å². The van der Waals surface area contributed by atoms with Crippen molar-refractivity contribution in [3.63, 3.8) is 0 Å². The van der Waals surface area contributed by atoms with Crippen LogP contribution in [0.3, 0.4) is 0 Å². The third kappa shape index (κ3) is 2.04. The van der Waals surface area contributed by atoms with Crippen LogP contribution >= 0.6 is 0 Å². The lowest BCUT2D eigenvalue weighted by molar-refractivity contribution is 0.0598. The molecule has 0 bridgehead atoms. The summed E-state index contributed by atoms with van der Waals surface area (Å²) in [7, 11) is 1.27. The molecule has 1 aromatic heterocycles. The molecule has 0 unspecified atom stereocenters. The lowest BCUT2D eigenvalue weighted by atomic mass is 10.2. The first kappa shape index (κ1) is 9.22. The molecule has 0 radical (unpaired) electrons. The Labute approximate surface area is 74.0 Å². The van der Waals surface area contributed by atoms with Crippen LogP contribution in [-0.4, -0.2) is 19.2 Å². The van der Waals surface area contributed by atoms with Gasteiger partial charge in [-0.1, -0.05) is 0 Å². The summed E-state index contributed by atoms with van der Waals surface area (Å²) >= 11 is 0. The van der Waals surface area contributed by atoms with E-state index in [9.17, 15) is 9.59 Å². The molecule has 0 amide bonds. The summed E-state index contributed by atoms with van der Waals surface area (Å²) in [6.07, 6.45) is 2.69. The van der Waals surface area contributed by atoms with E-state index >= 15 is 0 Å². The molecule has 0 aromatic carbocycles. The first-order chi connectivity index (χ1) is 6.29. The van der Waals surface area contributed by atoms with E-state index in [1.54, 1.807) is 0 Å². The van der Waals surface area contributed by atoms with Crippen molar-refractivity contribution < 1.29 is 18.7 Å². The first-order valence-electron chi connectivity index (χ1n) is 3.48. The van der Waals surface area contributed by atoms with Crippen molar-refractivity contribution in [2.75, 3.05) is 7.11 Å². The molecule has 0 aliphatic carbocycles. The zero-order valence-corrected chi connectivity index (χ0v) is 6.94. The molecule has 0 fully saturated rings. The molecule has 0 N–H and O–H groups in total. The molecule has 5 heteroatoms. The van der Waals surface area contributed by atoms with Gasteiger partial charge in [0.05, 0.1) is 13.4 Å². The molecule has 0 spiro atoms. The molecular weight excluding hydrogens is 174 g/mol. The molecule has 13 heavy (non-hydrogen) atoms. The number of methoxy groups -OCH3 is 1. The Balaban J connectivity index is 2.88. The highest BCUT2D eigenvalue weighted by atomic mass is 16.5. The van der Waals surface area contributed by atoms with Crippen LogP contribution in [-0.2, 0) is 16.1 Å². The lowest BCUT2D eigenvalue weighted by Gasteiger charge is -1.95. The number of rotatable bonds is 3. The van der Waals surface area contributed by atoms with E-state index in [-0.39, 0.29) is 12.1 Å². The van der Waals surface area contributed by atoms with Gasteiger partial charge in [-0.25, -0.2) is 9.59 Å². The molecule has 0 saturated carbocycles. The molecule has 5 nitrogen and oxygen atoms in total. The van der Waals surface area contributed by atoms with E-state index in [0.29, 0.717) is 5.76 Å². The maximum absolute atomic E-state index is 11.0. The predicted molar refractivity (Wildman–Crippen MR) is 41.9 cm³/mol. The number of furan rings is 1. The number of hydrogen-bond acceptors (Lipinski definition) is 5. The maximum atomic E-state index is 11.0. The molecule has 68 valence electrons. The van der Waals surface area contributed by atoms with Gasteiger partial charge < -0.3 is 9.15 Å². The Morgan fingerprint density at radius 3 is 3.15 bits per heavy atom. The molecule has 0 aliphatic heterocycles. The van der Waals surface area contributed by atoms with E-state index in [4.69, 9.17) is 4.42 Å². The summed E-state index contributed by atoms with van der Waals surface area (Å²) < 4.78 is 9.39. The summed E-state index contributed by atoms with van der Waals surface area (Å²) in [4.78, 5) is 24.1. The number of nitrogens with zero attached hydrogens (tertiary/aromatic N) is 1. The third-order valence-electron chi connectivity index (χ3n) is 1.44. The second kappa shape index (κ2) is 4.23. The van der Waals surface area contributed by atoms with Gasteiger partial charge in [0, 0.05) is 0 Å². The van der Waals surface area contributed by atoms with Gasteiger partial charge in [-0.05, 0) is 6.07 Å². The normalized spacial score (nSPS) is 9.00. The number of aliphatic imine (C=N–C) groups is 1. The fraction of sp³-hybridized carbons (Fsp3) is 0.250. The van der Waals surface area contributed by atoms with Crippen molar-refractivity contribution in [1.29, 1.82) is 0 Å². The Hall–Kier alpha value is -1.87. The maximum Gasteiger partial charge on any atom is 0.341 e. The van der Waals surface area contributed by atoms with Crippen LogP contribution in [0.5, 0.6) is 0 Å². The monoisotopic (exact) mass is 181 g/mol. The van der Waals surface area contributed by atoms with E-state index in [1.807, 2.05) is 0 Å². The zero-order valence-electron chi connectivity index (χ0n) is 6.94. The summed E-state index contributed by atoms with van der Waals surface area (Å²) in [5.41, 5.74) is 0.279. The van der Waals surface area contributed by atoms with Crippen molar-refractivity contribution >= 4 is 12.0 Å². The summed E-state index contributed by atoms with van der Waals surface area (Å²) in [5, 5.41) is 0. The van der Waals surface area contributed by atoms with E-state index in [0.717, 1.165) is 0 Å². The Morgan fingerprint density at radius 1 is 1.77 bits per heavy atom. The van der Waals surface area contributed by atoms with Crippen LogP contribution in [0.15, 0.2) is 21.7 Å². The average Bonchev–Trinajstić information content (AvgIpc) is 2.61. The van der Waals surface area contributed by atoms with Crippen LogP contribution in [0, 0.1) is 0 Å². The second-order valence-electron chi connectivity index (χ2n) is 2.16. The average molecular weight is 181 g/mol. The summed E-state index contributed by atoms with van der Waals surface area (Å²) in [6, 6.07) is 1.46. The highest BCUT2D eigenvalue weighted by Gasteiger charge is 2.13. The van der Waals surface area contributed by atoms with Gasteiger partial charge in [0.25, 0.3) is 0 Å². The molecule has 0 aliphatic rings. The number of carbonyl (C=O) groups is 1. The second-order valence-corrected chi connectivity index (χ2v) is 2.16. The highest BCUT2D eigenvalue weighted by Crippen LogP contribution is 2.12. The van der Waals surface area contributed by atoms with Crippen molar-refractivity contribution in [2.45, 2.75) is 6.54 Å². The Morgan fingerprint density at radius 2 is 2.54 bits per heavy atom. The van der Waals surface area contributed by atoms with Gasteiger partial charge in [-0.3, -0.25) is 0 Å². The number of ether oxygens (including phenoxy) is 1. The predicted octanol–water partition coefficient (Wildman–Crippen LogP) is 0.902. The van der Waals surface area contributed by atoms with E-state index in [1.165, 1.54) is 25.5 Å². The molecule has 1 heterocycles. The van der Waals surface area contributed by atoms with Crippen molar-refractivity contribution in [3.05, 3.63) is 23.7 Å². The largest absolute Gasteiger partial charge is 0.466 e. The fourth-order valence-electron chi connectivity index (χ4n) is 0.859. The molecular formula is C8H7NO4. The number of isocyanates is 1. The van der Waals surface area contributed by atoms with Crippen molar-refractivity contribution in [2.24, 2.45) is 4.99 Å². The van der Waals surface area contributed by atoms with Crippen LogP contribution in [0.25, 0.3) is 0 Å². The Kier molecular flexibility index (Phi) is 3.00. The fourth-order valence-corrected chi connectivity index (χ4v) is 0.859. The molecule has 0 atom stereocenters. The van der Waals surface area contributed by atoms with Crippen LogP contribution in [0.2, 0.25) is 0 Å². The Bertz CT molecular complexity index is 349. The number of esters is 1. The van der Waals surface area contributed by atoms with Gasteiger partial charge >= 0.3 is 5.97 Å². The molecule has 0 saturated heterocycles. The van der Waals surface area contributed by atoms with Crippen LogP contribution in [0.1, 0.15) is 16.1 Å². The summed E-state index contributed by atoms with van der Waals surface area (Å²) in [6.45, 7) is 0.000926. The minimum absolute atomic E-state index is 0.000926. The zero-order chi connectivity index (χ0) is 9.68. The van der Waals surface area contributed by atoms with Gasteiger partial charge in [0.2, 0.25) is 6.08 Å². The minimum Gasteiger partial charge on any atom is -0.466 e. The van der Waals surface area contributed by atoms with Crippen molar-refractivity contribution in [1.82, 2.24) is 0 Å². The van der Waals surface area contributed by atoms with Crippen LogP contribution < -0.4 is 0 Å². The quantitative estimate of drug-likeness (QED) is 0.394. The van der Waals surface area contributed by atoms with Gasteiger partial charge in [0.15, 0.2) is 0 Å².